The summed E-state index contributed by atoms with van der Waals surface area (Å²) < 4.78 is 5.31. The molecule has 0 aliphatic carbocycles. The highest BCUT2D eigenvalue weighted by Gasteiger charge is 2.11. The fourth-order valence-electron chi connectivity index (χ4n) is 2.20. The van der Waals surface area contributed by atoms with E-state index in [1.54, 1.807) is 36.4 Å². The third-order valence-electron chi connectivity index (χ3n) is 3.40. The molecule has 23 heavy (non-hydrogen) atoms. The second-order valence-electron chi connectivity index (χ2n) is 5.23. The molecule has 3 nitrogen and oxygen atoms in total. The molecular formula is C19H20O3S. The zero-order chi connectivity index (χ0) is 16.5. The first kappa shape index (κ1) is 17.3. The van der Waals surface area contributed by atoms with Gasteiger partial charge in [0, 0.05) is 17.5 Å². The molecule has 2 aromatic carbocycles. The Bertz CT molecular complexity index is 653. The van der Waals surface area contributed by atoms with E-state index in [0.717, 1.165) is 25.0 Å². The number of esters is 1. The Hall–Kier alpha value is -2.07. The Balaban J connectivity index is 1.97. The molecule has 0 atom stereocenters. The molecule has 0 heterocycles. The lowest BCUT2D eigenvalue weighted by molar-refractivity contribution is -0.134. The van der Waals surface area contributed by atoms with Crippen molar-refractivity contribution in [2.24, 2.45) is 0 Å². The molecule has 2 aromatic rings. The van der Waals surface area contributed by atoms with Crippen LogP contribution in [0.25, 0.3) is 0 Å². The zero-order valence-electron chi connectivity index (χ0n) is 12.9. The molecule has 0 N–H and O–H groups in total. The molecule has 0 radical (unpaired) electrons. The summed E-state index contributed by atoms with van der Waals surface area (Å²) in [5.41, 5.74) is 1.12. The third kappa shape index (κ3) is 5.57. The van der Waals surface area contributed by atoms with Crippen LogP contribution in [0.4, 0.5) is 0 Å². The maximum atomic E-state index is 12.4. The highest BCUT2D eigenvalue weighted by molar-refractivity contribution is 7.80. The lowest BCUT2D eigenvalue weighted by Crippen LogP contribution is -2.08. The average Bonchev–Trinajstić information content (AvgIpc) is 2.59. The summed E-state index contributed by atoms with van der Waals surface area (Å²) in [6.07, 6.45) is 3.13. The van der Waals surface area contributed by atoms with Gasteiger partial charge >= 0.3 is 5.97 Å². The Morgan fingerprint density at radius 3 is 2.35 bits per heavy atom. The van der Waals surface area contributed by atoms with E-state index >= 15 is 0 Å². The minimum absolute atomic E-state index is 0.0859. The van der Waals surface area contributed by atoms with Crippen molar-refractivity contribution in [2.75, 3.05) is 5.75 Å². The van der Waals surface area contributed by atoms with Crippen LogP contribution in [0.1, 0.15) is 41.6 Å². The Morgan fingerprint density at radius 2 is 1.61 bits per heavy atom. The van der Waals surface area contributed by atoms with Crippen LogP contribution in [0, 0.1) is 0 Å². The van der Waals surface area contributed by atoms with E-state index in [1.807, 2.05) is 18.2 Å². The van der Waals surface area contributed by atoms with Crippen molar-refractivity contribution in [3.63, 3.8) is 0 Å². The smallest absolute Gasteiger partial charge is 0.311 e. The van der Waals surface area contributed by atoms with Crippen LogP contribution in [0.3, 0.4) is 0 Å². The van der Waals surface area contributed by atoms with Gasteiger partial charge in [-0.2, -0.15) is 12.6 Å². The lowest BCUT2D eigenvalue weighted by Gasteiger charge is -2.06. The number of carbonyl (C=O) groups excluding carboxylic acids is 2. The number of rotatable bonds is 8. The van der Waals surface area contributed by atoms with Gasteiger partial charge in [-0.25, -0.2) is 0 Å². The van der Waals surface area contributed by atoms with Crippen LogP contribution in [-0.4, -0.2) is 17.5 Å². The molecule has 0 aliphatic rings. The number of ketones is 1. The molecule has 2 rings (SSSR count). The van der Waals surface area contributed by atoms with Crippen LogP contribution in [0.5, 0.6) is 5.75 Å². The van der Waals surface area contributed by atoms with Crippen LogP contribution in [0.15, 0.2) is 54.6 Å². The summed E-state index contributed by atoms with van der Waals surface area (Å²) in [5.74, 6) is 0.885. The van der Waals surface area contributed by atoms with Crippen LogP contribution >= 0.6 is 12.6 Å². The monoisotopic (exact) mass is 328 g/mol. The molecule has 0 saturated heterocycles. The van der Waals surface area contributed by atoms with Crippen molar-refractivity contribution in [1.29, 1.82) is 0 Å². The fraction of sp³-hybridized carbons (Fsp3) is 0.263. The fourth-order valence-corrected chi connectivity index (χ4v) is 2.42. The molecule has 0 fully saturated rings. The van der Waals surface area contributed by atoms with E-state index in [2.05, 4.69) is 12.6 Å². The number of hydrogen-bond donors (Lipinski definition) is 1. The third-order valence-corrected chi connectivity index (χ3v) is 3.72. The lowest BCUT2D eigenvalue weighted by atomic mass is 10.0. The summed E-state index contributed by atoms with van der Waals surface area (Å²) in [4.78, 5) is 24.2. The van der Waals surface area contributed by atoms with Gasteiger partial charge < -0.3 is 4.74 Å². The first-order chi connectivity index (χ1) is 11.2. The van der Waals surface area contributed by atoms with Gasteiger partial charge in [-0.1, -0.05) is 48.9 Å². The van der Waals surface area contributed by atoms with Gasteiger partial charge in [0.15, 0.2) is 5.78 Å². The normalized spacial score (nSPS) is 10.3. The number of ether oxygens (including phenoxy) is 1. The van der Waals surface area contributed by atoms with E-state index < -0.39 is 0 Å². The van der Waals surface area contributed by atoms with E-state index in [0.29, 0.717) is 23.3 Å². The van der Waals surface area contributed by atoms with Crippen molar-refractivity contribution in [1.82, 2.24) is 0 Å². The summed E-state index contributed by atoms with van der Waals surface area (Å²) in [7, 11) is 0. The summed E-state index contributed by atoms with van der Waals surface area (Å²) in [6, 6.07) is 15.8. The van der Waals surface area contributed by atoms with E-state index in [9.17, 15) is 9.59 Å². The summed E-state index contributed by atoms with van der Waals surface area (Å²) >= 11 is 4.14. The van der Waals surface area contributed by atoms with Gasteiger partial charge in [-0.3, -0.25) is 9.59 Å². The van der Waals surface area contributed by atoms with Crippen molar-refractivity contribution in [3.8, 4) is 5.75 Å². The van der Waals surface area contributed by atoms with Gasteiger partial charge in [-0.05, 0) is 30.7 Å². The first-order valence-corrected chi connectivity index (χ1v) is 8.35. The number of unbranched alkanes of at least 4 members (excludes halogenated alkanes) is 2. The van der Waals surface area contributed by atoms with Crippen molar-refractivity contribution in [2.45, 2.75) is 25.7 Å². The quantitative estimate of drug-likeness (QED) is 0.258. The van der Waals surface area contributed by atoms with Crippen LogP contribution in [0.2, 0.25) is 0 Å². The molecule has 120 valence electrons. The van der Waals surface area contributed by atoms with E-state index in [-0.39, 0.29) is 11.8 Å². The zero-order valence-corrected chi connectivity index (χ0v) is 13.8. The predicted octanol–water partition coefficient (Wildman–Crippen LogP) is 4.31. The molecule has 0 bridgehead atoms. The van der Waals surface area contributed by atoms with E-state index in [1.165, 1.54) is 0 Å². The van der Waals surface area contributed by atoms with Crippen molar-refractivity contribution >= 4 is 24.4 Å². The maximum Gasteiger partial charge on any atom is 0.311 e. The largest absolute Gasteiger partial charge is 0.427 e. The topological polar surface area (TPSA) is 43.4 Å². The minimum atomic E-state index is -0.270. The van der Waals surface area contributed by atoms with Crippen molar-refractivity contribution < 1.29 is 14.3 Å². The second kappa shape index (κ2) is 9.16. The summed E-state index contributed by atoms with van der Waals surface area (Å²) in [5, 5.41) is 0. The number of benzene rings is 2. The van der Waals surface area contributed by atoms with Gasteiger partial charge in [0.25, 0.3) is 0 Å². The SMILES string of the molecule is O=C(CCCCCS)Oc1cccc(C(=O)c2ccccc2)c1. The van der Waals surface area contributed by atoms with Gasteiger partial charge in [-0.15, -0.1) is 0 Å². The highest BCUT2D eigenvalue weighted by Crippen LogP contribution is 2.17. The molecular weight excluding hydrogens is 308 g/mol. The molecule has 4 heteroatoms. The minimum Gasteiger partial charge on any atom is -0.427 e. The van der Waals surface area contributed by atoms with Crippen LogP contribution in [-0.2, 0) is 4.79 Å². The molecule has 0 aromatic heterocycles. The number of thiol groups is 1. The van der Waals surface area contributed by atoms with Gasteiger partial charge in [0.1, 0.15) is 5.75 Å². The Labute approximate surface area is 142 Å². The maximum absolute atomic E-state index is 12.4. The summed E-state index contributed by atoms with van der Waals surface area (Å²) in [6.45, 7) is 0. The van der Waals surface area contributed by atoms with E-state index in [4.69, 9.17) is 4.74 Å². The Kier molecular flexibility index (Phi) is 6.88. The number of carbonyl (C=O) groups is 2. The first-order valence-electron chi connectivity index (χ1n) is 7.72. The van der Waals surface area contributed by atoms with Gasteiger partial charge in [0.2, 0.25) is 0 Å². The van der Waals surface area contributed by atoms with Crippen LogP contribution < -0.4 is 4.74 Å². The standard InChI is InChI=1S/C19H20O3S/c20-18(12-5-2-6-13-23)22-17-11-7-10-16(14-17)19(21)15-8-3-1-4-9-15/h1,3-4,7-11,14,23H,2,5-6,12-13H2. The Morgan fingerprint density at radius 1 is 0.870 bits per heavy atom. The molecule has 0 amide bonds. The number of hydrogen-bond acceptors (Lipinski definition) is 4. The predicted molar refractivity (Wildman–Crippen MR) is 94.3 cm³/mol. The molecule has 0 unspecified atom stereocenters. The highest BCUT2D eigenvalue weighted by atomic mass is 32.1. The average molecular weight is 328 g/mol. The van der Waals surface area contributed by atoms with Crippen molar-refractivity contribution in [3.05, 3.63) is 65.7 Å². The molecule has 0 saturated carbocycles. The second-order valence-corrected chi connectivity index (χ2v) is 5.68. The van der Waals surface area contributed by atoms with Gasteiger partial charge in [0.05, 0.1) is 0 Å². The molecule has 0 spiro atoms. The molecule has 0 aliphatic heterocycles.